The van der Waals surface area contributed by atoms with Gasteiger partial charge in [-0.15, -0.1) is 0 Å². The number of pyridine rings is 1. The van der Waals surface area contributed by atoms with Gasteiger partial charge in [-0.05, 0) is 38.1 Å². The highest BCUT2D eigenvalue weighted by Gasteiger charge is 2.23. The van der Waals surface area contributed by atoms with Gasteiger partial charge in [-0.1, -0.05) is 12.1 Å². The zero-order valence-corrected chi connectivity index (χ0v) is 15.8. The summed E-state index contributed by atoms with van der Waals surface area (Å²) in [5, 5.41) is 2.79. The fourth-order valence-electron chi connectivity index (χ4n) is 3.09. The molecule has 0 saturated carbocycles. The first kappa shape index (κ1) is 19.0. The number of amides is 1. The van der Waals surface area contributed by atoms with Gasteiger partial charge in [0.2, 0.25) is 0 Å². The van der Waals surface area contributed by atoms with Crippen molar-refractivity contribution in [3.63, 3.8) is 0 Å². The van der Waals surface area contributed by atoms with Gasteiger partial charge in [0.25, 0.3) is 5.91 Å². The fraction of sp³-hybridized carbons (Fsp3) is 0.400. The number of anilines is 2. The number of ether oxygens (including phenoxy) is 3. The lowest BCUT2D eigenvalue weighted by Gasteiger charge is -2.36. The van der Waals surface area contributed by atoms with Crippen LogP contribution in [0.4, 0.5) is 11.5 Å². The zero-order valence-electron chi connectivity index (χ0n) is 15.8. The summed E-state index contributed by atoms with van der Waals surface area (Å²) in [5.41, 5.74) is 0.627. The standard InChI is InChI=1S/C20H25N3O4/c1-14-11-23(12-15(2)27-14)19-9-8-16(10-21-19)22-20(24)13-26-18-7-5-4-6-17(18)25-3/h4-10,14-15H,11-13H2,1-3H3,(H,22,24). The first-order chi connectivity index (χ1) is 13.0. The number of para-hydroxylation sites is 2. The SMILES string of the molecule is COc1ccccc1OCC(=O)Nc1ccc(N2CC(C)OC(C)C2)nc1. The lowest BCUT2D eigenvalue weighted by atomic mass is 10.2. The number of nitrogens with zero attached hydrogens (tertiary/aromatic N) is 2. The third-order valence-corrected chi connectivity index (χ3v) is 4.20. The number of aromatic nitrogens is 1. The van der Waals surface area contributed by atoms with E-state index in [1.807, 2.05) is 24.3 Å². The zero-order chi connectivity index (χ0) is 19.2. The van der Waals surface area contributed by atoms with Crippen LogP contribution in [0, 0.1) is 0 Å². The Morgan fingerprint density at radius 3 is 2.52 bits per heavy atom. The number of hydrogen-bond acceptors (Lipinski definition) is 6. The van der Waals surface area contributed by atoms with Gasteiger partial charge in [0, 0.05) is 13.1 Å². The molecule has 1 aromatic heterocycles. The predicted octanol–water partition coefficient (Wildman–Crippen LogP) is 2.72. The Morgan fingerprint density at radius 1 is 1.19 bits per heavy atom. The predicted molar refractivity (Wildman–Crippen MR) is 104 cm³/mol. The number of nitrogens with one attached hydrogen (secondary N) is 1. The second kappa shape index (κ2) is 8.73. The smallest absolute Gasteiger partial charge is 0.262 e. The summed E-state index contributed by atoms with van der Waals surface area (Å²) in [6.07, 6.45) is 1.99. The molecule has 1 N–H and O–H groups in total. The average molecular weight is 371 g/mol. The molecule has 1 aliphatic rings. The molecule has 7 nitrogen and oxygen atoms in total. The van der Waals surface area contributed by atoms with Crippen molar-refractivity contribution >= 4 is 17.4 Å². The molecule has 2 aromatic rings. The number of methoxy groups -OCH3 is 1. The fourth-order valence-corrected chi connectivity index (χ4v) is 3.09. The van der Waals surface area contributed by atoms with E-state index in [0.29, 0.717) is 17.2 Å². The van der Waals surface area contributed by atoms with Crippen molar-refractivity contribution in [3.8, 4) is 11.5 Å². The Bertz CT molecular complexity index is 756. The van der Waals surface area contributed by atoms with E-state index < -0.39 is 0 Å². The van der Waals surface area contributed by atoms with Crippen LogP contribution in [0.5, 0.6) is 11.5 Å². The molecule has 1 aliphatic heterocycles. The van der Waals surface area contributed by atoms with Crippen LogP contribution in [0.3, 0.4) is 0 Å². The molecule has 1 fully saturated rings. The molecule has 0 spiro atoms. The average Bonchev–Trinajstić information content (AvgIpc) is 2.66. The van der Waals surface area contributed by atoms with E-state index in [2.05, 4.69) is 29.0 Å². The van der Waals surface area contributed by atoms with E-state index in [9.17, 15) is 4.79 Å². The first-order valence-electron chi connectivity index (χ1n) is 8.97. The minimum atomic E-state index is -0.260. The number of morpholine rings is 1. The van der Waals surface area contributed by atoms with E-state index in [0.717, 1.165) is 18.9 Å². The normalized spacial score (nSPS) is 19.4. The van der Waals surface area contributed by atoms with Gasteiger partial charge in [-0.25, -0.2) is 4.98 Å². The van der Waals surface area contributed by atoms with Crippen molar-refractivity contribution in [1.82, 2.24) is 4.98 Å². The molecular weight excluding hydrogens is 346 g/mol. The van der Waals surface area contributed by atoms with Gasteiger partial charge < -0.3 is 24.4 Å². The van der Waals surface area contributed by atoms with Crippen LogP contribution >= 0.6 is 0 Å². The molecule has 2 heterocycles. The third kappa shape index (κ3) is 5.10. The highest BCUT2D eigenvalue weighted by atomic mass is 16.5. The van der Waals surface area contributed by atoms with E-state index >= 15 is 0 Å². The van der Waals surface area contributed by atoms with Crippen LogP contribution in [-0.4, -0.2) is 49.9 Å². The first-order valence-corrected chi connectivity index (χ1v) is 8.97. The lowest BCUT2D eigenvalue weighted by molar-refractivity contribution is -0.118. The molecule has 144 valence electrons. The molecular formula is C20H25N3O4. The van der Waals surface area contributed by atoms with Crippen molar-refractivity contribution in [3.05, 3.63) is 42.6 Å². The maximum atomic E-state index is 12.1. The van der Waals surface area contributed by atoms with Gasteiger partial charge in [0.05, 0.1) is 31.2 Å². The quantitative estimate of drug-likeness (QED) is 0.842. The van der Waals surface area contributed by atoms with Crippen molar-refractivity contribution in [2.24, 2.45) is 0 Å². The van der Waals surface area contributed by atoms with Gasteiger partial charge in [0.15, 0.2) is 18.1 Å². The topological polar surface area (TPSA) is 72.9 Å². The summed E-state index contributed by atoms with van der Waals surface area (Å²) < 4.78 is 16.5. The van der Waals surface area contributed by atoms with Crippen molar-refractivity contribution < 1.29 is 19.0 Å². The largest absolute Gasteiger partial charge is 0.493 e. The van der Waals surface area contributed by atoms with Crippen molar-refractivity contribution in [2.75, 3.05) is 37.0 Å². The van der Waals surface area contributed by atoms with Gasteiger partial charge in [0.1, 0.15) is 5.82 Å². The number of benzene rings is 1. The van der Waals surface area contributed by atoms with Crippen LogP contribution < -0.4 is 19.7 Å². The molecule has 0 radical (unpaired) electrons. The lowest BCUT2D eigenvalue weighted by Crippen LogP contribution is -2.45. The van der Waals surface area contributed by atoms with E-state index in [1.165, 1.54) is 0 Å². The number of carbonyl (C=O) groups excluding carboxylic acids is 1. The van der Waals surface area contributed by atoms with Gasteiger partial charge in [-0.3, -0.25) is 4.79 Å². The third-order valence-electron chi connectivity index (χ3n) is 4.20. The Hall–Kier alpha value is -2.80. The number of rotatable bonds is 6. The summed E-state index contributed by atoms with van der Waals surface area (Å²) in [6, 6.07) is 11.0. The van der Waals surface area contributed by atoms with Crippen LogP contribution in [0.25, 0.3) is 0 Å². The van der Waals surface area contributed by atoms with Crippen molar-refractivity contribution in [2.45, 2.75) is 26.1 Å². The van der Waals surface area contributed by atoms with Crippen molar-refractivity contribution in [1.29, 1.82) is 0 Å². The van der Waals surface area contributed by atoms with Crippen LogP contribution in [-0.2, 0) is 9.53 Å². The minimum Gasteiger partial charge on any atom is -0.493 e. The van der Waals surface area contributed by atoms with E-state index in [-0.39, 0.29) is 24.7 Å². The minimum absolute atomic E-state index is 0.110. The van der Waals surface area contributed by atoms with E-state index in [4.69, 9.17) is 14.2 Å². The summed E-state index contributed by atoms with van der Waals surface area (Å²) >= 11 is 0. The molecule has 7 heteroatoms. The number of hydrogen-bond donors (Lipinski definition) is 1. The maximum absolute atomic E-state index is 12.1. The Morgan fingerprint density at radius 2 is 1.89 bits per heavy atom. The van der Waals surface area contributed by atoms with Gasteiger partial charge in [-0.2, -0.15) is 0 Å². The summed E-state index contributed by atoms with van der Waals surface area (Å²) in [5.74, 6) is 1.73. The van der Waals surface area contributed by atoms with Crippen LogP contribution in [0.1, 0.15) is 13.8 Å². The summed E-state index contributed by atoms with van der Waals surface area (Å²) in [4.78, 5) is 18.8. The highest BCUT2D eigenvalue weighted by Crippen LogP contribution is 2.25. The van der Waals surface area contributed by atoms with Crippen LogP contribution in [0.15, 0.2) is 42.6 Å². The molecule has 1 amide bonds. The Labute approximate surface area is 159 Å². The second-order valence-electron chi connectivity index (χ2n) is 6.56. The van der Waals surface area contributed by atoms with E-state index in [1.54, 1.807) is 25.4 Å². The summed E-state index contributed by atoms with van der Waals surface area (Å²) in [7, 11) is 1.56. The summed E-state index contributed by atoms with van der Waals surface area (Å²) in [6.45, 7) is 5.60. The molecule has 1 aromatic carbocycles. The Kier molecular flexibility index (Phi) is 6.13. The molecule has 3 rings (SSSR count). The molecule has 0 aliphatic carbocycles. The second-order valence-corrected chi connectivity index (χ2v) is 6.56. The van der Waals surface area contributed by atoms with Crippen LogP contribution in [0.2, 0.25) is 0 Å². The molecule has 1 saturated heterocycles. The van der Waals surface area contributed by atoms with Gasteiger partial charge >= 0.3 is 0 Å². The highest BCUT2D eigenvalue weighted by molar-refractivity contribution is 5.91. The monoisotopic (exact) mass is 371 g/mol. The Balaban J connectivity index is 1.54. The molecule has 27 heavy (non-hydrogen) atoms. The molecule has 0 bridgehead atoms. The molecule has 2 unspecified atom stereocenters. The number of carbonyl (C=O) groups is 1. The molecule has 2 atom stereocenters. The maximum Gasteiger partial charge on any atom is 0.262 e.